The highest BCUT2D eigenvalue weighted by Gasteiger charge is 2.34. The number of nitrogens with one attached hydrogen (secondary N) is 1. The van der Waals surface area contributed by atoms with Crippen LogP contribution in [0.2, 0.25) is 10.0 Å². The standard InChI is InChI=1S/C39H36Cl2F4N2O6S/c1-39(2,3)25-14-20(13-24(15-25)21-7-8-21)18-47(29-12-9-23(38(49)50)17-30(29)53-26-10-11-26)31(48)19-54(51,52)46-37-27(33(42)34(43)35(44)36(37)45)16-22-5-4-6-28(40)32(22)41/h4-6,9,12-15,17,21,26,46H,7-8,10-11,16,18-19H2,1-3H3,(H,49,50). The van der Waals surface area contributed by atoms with E-state index in [1.54, 1.807) is 4.72 Å². The van der Waals surface area contributed by atoms with Gasteiger partial charge in [0.25, 0.3) is 0 Å². The predicted molar refractivity (Wildman–Crippen MR) is 198 cm³/mol. The van der Waals surface area contributed by atoms with Crippen molar-refractivity contribution in [3.63, 3.8) is 0 Å². The normalized spacial score (nSPS) is 14.5. The van der Waals surface area contributed by atoms with Crippen molar-refractivity contribution in [1.82, 2.24) is 0 Å². The molecule has 0 unspecified atom stereocenters. The summed E-state index contributed by atoms with van der Waals surface area (Å²) in [5.41, 5.74) is 0.205. The number of carboxylic acid groups (broad SMARTS) is 1. The zero-order valence-electron chi connectivity index (χ0n) is 29.4. The highest BCUT2D eigenvalue weighted by Crippen LogP contribution is 2.43. The monoisotopic (exact) mass is 806 g/mol. The van der Waals surface area contributed by atoms with Gasteiger partial charge >= 0.3 is 5.97 Å². The smallest absolute Gasteiger partial charge is 0.335 e. The van der Waals surface area contributed by atoms with Gasteiger partial charge in [0.05, 0.1) is 39.6 Å². The van der Waals surface area contributed by atoms with Crippen LogP contribution in [0.25, 0.3) is 0 Å². The van der Waals surface area contributed by atoms with E-state index in [1.807, 2.05) is 32.9 Å². The first-order chi connectivity index (χ1) is 25.3. The summed E-state index contributed by atoms with van der Waals surface area (Å²) in [6.07, 6.45) is 2.38. The Labute approximate surface area is 320 Å². The summed E-state index contributed by atoms with van der Waals surface area (Å²) >= 11 is 12.3. The maximum atomic E-state index is 15.4. The molecule has 0 heterocycles. The molecule has 286 valence electrons. The topological polar surface area (TPSA) is 113 Å². The minimum absolute atomic E-state index is 0.0177. The van der Waals surface area contributed by atoms with Gasteiger partial charge in [0.15, 0.2) is 23.3 Å². The number of anilines is 2. The van der Waals surface area contributed by atoms with E-state index in [0.29, 0.717) is 24.3 Å². The number of rotatable bonds is 13. The number of aromatic carboxylic acids is 1. The zero-order chi connectivity index (χ0) is 39.3. The van der Waals surface area contributed by atoms with Crippen molar-refractivity contribution in [2.45, 2.75) is 76.9 Å². The van der Waals surface area contributed by atoms with E-state index in [0.717, 1.165) is 28.9 Å². The number of carbonyl (C=O) groups is 2. The molecule has 8 nitrogen and oxygen atoms in total. The molecule has 2 aliphatic rings. The molecule has 2 N–H and O–H groups in total. The van der Waals surface area contributed by atoms with Gasteiger partial charge in [-0.1, -0.05) is 74.3 Å². The Balaban J connectivity index is 1.40. The van der Waals surface area contributed by atoms with E-state index in [1.165, 1.54) is 36.4 Å². The molecule has 0 atom stereocenters. The molecule has 0 aromatic heterocycles. The molecule has 4 aromatic rings. The Morgan fingerprint density at radius 3 is 2.24 bits per heavy atom. The quantitative estimate of drug-likeness (QED) is 0.0791. The molecule has 0 saturated heterocycles. The second-order valence-electron chi connectivity index (χ2n) is 14.6. The van der Waals surface area contributed by atoms with Crippen molar-refractivity contribution in [3.05, 3.63) is 121 Å². The third kappa shape index (κ3) is 8.79. The minimum Gasteiger partial charge on any atom is -0.488 e. The van der Waals surface area contributed by atoms with Crippen LogP contribution in [0.4, 0.5) is 28.9 Å². The van der Waals surface area contributed by atoms with Crippen molar-refractivity contribution >= 4 is 56.5 Å². The lowest BCUT2D eigenvalue weighted by Gasteiger charge is -2.27. The van der Waals surface area contributed by atoms with Crippen LogP contribution in [0.15, 0.2) is 54.6 Å². The molecular formula is C39H36Cl2F4N2O6S. The largest absolute Gasteiger partial charge is 0.488 e. The molecule has 0 spiro atoms. The third-order valence-electron chi connectivity index (χ3n) is 9.22. The molecule has 2 aliphatic carbocycles. The fraction of sp³-hybridized carbons (Fsp3) is 0.333. The number of amides is 1. The molecule has 0 radical (unpaired) electrons. The van der Waals surface area contributed by atoms with Crippen LogP contribution in [0, 0.1) is 23.3 Å². The molecule has 6 rings (SSSR count). The van der Waals surface area contributed by atoms with Gasteiger partial charge in [-0.15, -0.1) is 0 Å². The minimum atomic E-state index is -5.00. The van der Waals surface area contributed by atoms with Gasteiger partial charge in [-0.3, -0.25) is 9.52 Å². The summed E-state index contributed by atoms with van der Waals surface area (Å²) in [5.74, 6) is -11.7. The van der Waals surface area contributed by atoms with Crippen molar-refractivity contribution in [2.75, 3.05) is 15.4 Å². The molecule has 4 aromatic carbocycles. The molecule has 0 aliphatic heterocycles. The number of benzene rings is 4. The summed E-state index contributed by atoms with van der Waals surface area (Å²) in [7, 11) is -5.00. The summed E-state index contributed by atoms with van der Waals surface area (Å²) in [5, 5.41) is 9.61. The number of halogens is 6. The molecule has 2 saturated carbocycles. The van der Waals surface area contributed by atoms with Crippen LogP contribution in [-0.2, 0) is 33.2 Å². The van der Waals surface area contributed by atoms with E-state index in [2.05, 4.69) is 6.07 Å². The maximum Gasteiger partial charge on any atom is 0.335 e. The number of hydrogen-bond acceptors (Lipinski definition) is 5. The number of nitrogens with zero attached hydrogens (tertiary/aromatic N) is 1. The van der Waals surface area contributed by atoms with E-state index in [-0.39, 0.29) is 50.7 Å². The Kier molecular flexibility index (Phi) is 11.0. The zero-order valence-corrected chi connectivity index (χ0v) is 31.7. The first-order valence-electron chi connectivity index (χ1n) is 17.1. The molecular weight excluding hydrogens is 771 g/mol. The van der Waals surface area contributed by atoms with Gasteiger partial charge < -0.3 is 14.7 Å². The first kappa shape index (κ1) is 39.4. The van der Waals surface area contributed by atoms with Crippen molar-refractivity contribution in [2.24, 2.45) is 0 Å². The van der Waals surface area contributed by atoms with Gasteiger partial charge in [0.1, 0.15) is 11.5 Å². The van der Waals surface area contributed by atoms with E-state index in [4.69, 9.17) is 27.9 Å². The summed E-state index contributed by atoms with van der Waals surface area (Å²) in [6, 6.07) is 13.9. The fourth-order valence-electron chi connectivity index (χ4n) is 5.97. The Bertz CT molecular complexity index is 2270. The van der Waals surface area contributed by atoms with Crippen LogP contribution in [0.5, 0.6) is 5.75 Å². The average molecular weight is 808 g/mol. The third-order valence-corrected chi connectivity index (χ3v) is 11.2. The van der Waals surface area contributed by atoms with Crippen LogP contribution in [0.3, 0.4) is 0 Å². The molecule has 54 heavy (non-hydrogen) atoms. The molecule has 15 heteroatoms. The lowest BCUT2D eigenvalue weighted by molar-refractivity contribution is -0.116. The maximum absolute atomic E-state index is 15.4. The Morgan fingerprint density at radius 2 is 1.61 bits per heavy atom. The van der Waals surface area contributed by atoms with Crippen molar-refractivity contribution < 1.29 is 45.4 Å². The number of sulfonamides is 1. The van der Waals surface area contributed by atoms with Crippen LogP contribution in [-0.4, -0.2) is 37.3 Å². The molecule has 2 fully saturated rings. The number of hydrogen-bond donors (Lipinski definition) is 2. The predicted octanol–water partition coefficient (Wildman–Crippen LogP) is 9.53. The highest BCUT2D eigenvalue weighted by atomic mass is 35.5. The SMILES string of the molecule is CC(C)(C)c1cc(CN(C(=O)CS(=O)(=O)Nc2c(F)c(F)c(F)c(F)c2Cc2cccc(Cl)c2Cl)c2ccc(C(=O)O)cc2OC2CC2)cc(C2CC2)c1. The number of ether oxygens (including phenoxy) is 1. The van der Waals surface area contributed by atoms with Crippen LogP contribution in [0.1, 0.15) is 90.5 Å². The Hall–Kier alpha value is -4.33. The molecule has 0 bridgehead atoms. The molecule has 1 amide bonds. The van der Waals surface area contributed by atoms with E-state index < -0.39 is 68.6 Å². The van der Waals surface area contributed by atoms with Gasteiger partial charge in [-0.05, 0) is 83.5 Å². The number of carbonyl (C=O) groups excluding carboxylic acids is 1. The van der Waals surface area contributed by atoms with Crippen LogP contribution < -0.4 is 14.4 Å². The fourth-order valence-corrected chi connectivity index (χ4v) is 7.44. The lowest BCUT2D eigenvalue weighted by Crippen LogP contribution is -2.38. The van der Waals surface area contributed by atoms with Crippen molar-refractivity contribution in [3.8, 4) is 5.75 Å². The van der Waals surface area contributed by atoms with Crippen molar-refractivity contribution in [1.29, 1.82) is 0 Å². The van der Waals surface area contributed by atoms with Gasteiger partial charge in [0, 0.05) is 12.0 Å². The summed E-state index contributed by atoms with van der Waals surface area (Å²) in [6.45, 7) is 5.92. The van der Waals surface area contributed by atoms with E-state index in [9.17, 15) is 31.9 Å². The average Bonchev–Trinajstić information content (AvgIpc) is 4.04. The van der Waals surface area contributed by atoms with Crippen LogP contribution >= 0.6 is 23.2 Å². The Morgan fingerprint density at radius 1 is 0.926 bits per heavy atom. The first-order valence-corrected chi connectivity index (χ1v) is 19.5. The number of carboxylic acids is 1. The van der Waals surface area contributed by atoms with Gasteiger partial charge in [-0.25, -0.2) is 30.8 Å². The second-order valence-corrected chi connectivity index (χ2v) is 17.1. The van der Waals surface area contributed by atoms with Gasteiger partial charge in [0.2, 0.25) is 15.9 Å². The van der Waals surface area contributed by atoms with Gasteiger partial charge in [-0.2, -0.15) is 0 Å². The lowest BCUT2D eigenvalue weighted by atomic mass is 9.84. The highest BCUT2D eigenvalue weighted by molar-refractivity contribution is 7.93. The second kappa shape index (κ2) is 15.1. The summed E-state index contributed by atoms with van der Waals surface area (Å²) in [4.78, 5) is 27.3. The van der Waals surface area contributed by atoms with E-state index >= 15 is 8.78 Å². The summed E-state index contributed by atoms with van der Waals surface area (Å²) < 4.78 is 95.0.